The van der Waals surface area contributed by atoms with E-state index in [1.807, 2.05) is 0 Å². The van der Waals surface area contributed by atoms with Gasteiger partial charge >= 0.3 is 0 Å². The quantitative estimate of drug-likeness (QED) is 0.413. The molecule has 31 heavy (non-hydrogen) atoms. The lowest BCUT2D eigenvalue weighted by atomic mass is 9.51. The van der Waals surface area contributed by atoms with Crippen LogP contribution in [0.2, 0.25) is 16.9 Å². The predicted octanol–water partition coefficient (Wildman–Crippen LogP) is 8.39. The molecule has 1 unspecified atom stereocenters. The monoisotopic (exact) mass is 406 g/mol. The first-order valence-corrected chi connectivity index (χ1v) is 11.5. The van der Waals surface area contributed by atoms with Crippen molar-refractivity contribution in [2.75, 3.05) is 0 Å². The first-order chi connectivity index (χ1) is 14.7. The van der Waals surface area contributed by atoms with E-state index in [-0.39, 0.29) is 0 Å². The van der Waals surface area contributed by atoms with Crippen LogP contribution in [0.25, 0.3) is 0 Å². The molecule has 4 aliphatic rings. The summed E-state index contributed by atoms with van der Waals surface area (Å²) in [4.78, 5) is 0. The van der Waals surface area contributed by atoms with Gasteiger partial charge in [0.05, 0.1) is 5.41 Å². The molecule has 1 aliphatic heterocycles. The van der Waals surface area contributed by atoms with Gasteiger partial charge in [-0.15, -0.1) is 0 Å². The molecule has 0 radical (unpaired) electrons. The molecule has 2 bridgehead atoms. The molecule has 1 heterocycles. The minimum atomic E-state index is -0.427. The molecule has 1 heteroatoms. The van der Waals surface area contributed by atoms with Gasteiger partial charge in [0.2, 0.25) is 0 Å². The van der Waals surface area contributed by atoms with Crippen molar-refractivity contribution in [3.8, 4) is 0 Å². The highest BCUT2D eigenvalue weighted by Crippen LogP contribution is 2.76. The lowest BCUT2D eigenvalue weighted by Gasteiger charge is -2.41. The molecular formula is C30H35B. The summed E-state index contributed by atoms with van der Waals surface area (Å²) in [5, 5.41) is 0.697. The van der Waals surface area contributed by atoms with Gasteiger partial charge in [-0.1, -0.05) is 149 Å². The van der Waals surface area contributed by atoms with Crippen LogP contribution in [0.3, 0.4) is 0 Å². The molecular weight excluding hydrogens is 371 g/mol. The lowest BCUT2D eigenvalue weighted by Crippen LogP contribution is -2.30. The summed E-state index contributed by atoms with van der Waals surface area (Å²) in [6.45, 7) is 21.7. The van der Waals surface area contributed by atoms with E-state index >= 15 is 0 Å². The van der Waals surface area contributed by atoms with Gasteiger partial charge in [-0.2, -0.15) is 0 Å². The third-order valence-electron chi connectivity index (χ3n) is 8.73. The SMILES string of the molecule is C=CC1=C(CB2C(C)(C)C2(C)C)C(C)C=CC(=C)C12C1=C\C=C/C=C\C2=C\C=C/C=C\1. The van der Waals surface area contributed by atoms with Crippen LogP contribution >= 0.6 is 0 Å². The van der Waals surface area contributed by atoms with Crippen molar-refractivity contribution in [1.82, 2.24) is 0 Å². The topological polar surface area (TPSA) is 0 Å². The van der Waals surface area contributed by atoms with Gasteiger partial charge in [0.25, 0.3) is 0 Å². The summed E-state index contributed by atoms with van der Waals surface area (Å²) >= 11 is 0. The first-order valence-electron chi connectivity index (χ1n) is 11.5. The Morgan fingerprint density at radius 3 is 1.90 bits per heavy atom. The molecule has 1 spiro atoms. The average Bonchev–Trinajstić information content (AvgIpc) is 3.12. The summed E-state index contributed by atoms with van der Waals surface area (Å²) in [5.74, 6) is 0.353. The summed E-state index contributed by atoms with van der Waals surface area (Å²) in [6.07, 6.45) is 29.5. The molecule has 1 saturated heterocycles. The van der Waals surface area contributed by atoms with E-state index in [1.165, 1.54) is 22.3 Å². The minimum Gasteiger partial charge on any atom is -0.0987 e. The van der Waals surface area contributed by atoms with E-state index < -0.39 is 5.41 Å². The maximum absolute atomic E-state index is 4.63. The Hall–Kier alpha value is -2.54. The molecule has 0 aromatic rings. The Balaban J connectivity index is 2.03. The normalized spacial score (nSPS) is 37.8. The summed E-state index contributed by atoms with van der Waals surface area (Å²) in [5.41, 5.74) is 5.98. The predicted molar refractivity (Wildman–Crippen MR) is 138 cm³/mol. The van der Waals surface area contributed by atoms with Crippen LogP contribution in [0.1, 0.15) is 34.6 Å². The van der Waals surface area contributed by atoms with Gasteiger partial charge in [-0.3, -0.25) is 0 Å². The van der Waals surface area contributed by atoms with Crippen LogP contribution in [0, 0.1) is 11.3 Å². The molecule has 0 N–H and O–H groups in total. The molecule has 0 saturated carbocycles. The third-order valence-corrected chi connectivity index (χ3v) is 8.73. The van der Waals surface area contributed by atoms with E-state index in [9.17, 15) is 0 Å². The molecule has 0 amide bonds. The van der Waals surface area contributed by atoms with Crippen LogP contribution in [-0.2, 0) is 0 Å². The molecule has 1 atom stereocenters. The molecule has 3 aliphatic carbocycles. The van der Waals surface area contributed by atoms with Gasteiger partial charge in [0, 0.05) is 0 Å². The van der Waals surface area contributed by atoms with Crippen molar-refractivity contribution in [3.05, 3.63) is 120 Å². The third kappa shape index (κ3) is 3.13. The molecule has 0 nitrogen and oxygen atoms in total. The standard InChI is InChI=1S/C30H35B/c1-8-27-26(21-31-28(4,5)29(31,6)7)22(2)19-20-23(3)30(27)24-15-11-9-12-16-25(30)18-14-10-13-17-24/h8-20,22H,1,3,21H2,2,4-7H3/b11-9-,12-9?,13-10?,14-10-,15-11?,16-12-,17-13-,18-14?,24-15-,24-17?,25-16?,25-18-. The van der Waals surface area contributed by atoms with Crippen LogP contribution in [0.15, 0.2) is 120 Å². The second-order valence-corrected chi connectivity index (χ2v) is 10.5. The Morgan fingerprint density at radius 1 is 0.871 bits per heavy atom. The zero-order chi connectivity index (χ0) is 22.4. The van der Waals surface area contributed by atoms with E-state index in [0.717, 1.165) is 11.9 Å². The van der Waals surface area contributed by atoms with Crippen molar-refractivity contribution in [3.63, 3.8) is 0 Å². The molecule has 158 valence electrons. The summed E-state index contributed by atoms with van der Waals surface area (Å²) in [6, 6.07) is 0. The van der Waals surface area contributed by atoms with Crippen LogP contribution in [0.5, 0.6) is 0 Å². The second-order valence-electron chi connectivity index (χ2n) is 10.5. The van der Waals surface area contributed by atoms with E-state index in [0.29, 0.717) is 23.3 Å². The Kier molecular flexibility index (Phi) is 5.28. The number of allylic oxidation sites excluding steroid dienone is 18. The van der Waals surface area contributed by atoms with Gasteiger partial charge < -0.3 is 0 Å². The molecule has 1 fully saturated rings. The van der Waals surface area contributed by atoms with Gasteiger partial charge in [0.15, 0.2) is 6.71 Å². The van der Waals surface area contributed by atoms with Crippen molar-refractivity contribution >= 4 is 6.71 Å². The van der Waals surface area contributed by atoms with Crippen LogP contribution in [-0.4, -0.2) is 6.71 Å². The van der Waals surface area contributed by atoms with Crippen LogP contribution < -0.4 is 0 Å². The fourth-order valence-electron chi connectivity index (χ4n) is 6.03. The van der Waals surface area contributed by atoms with E-state index in [1.54, 1.807) is 0 Å². The maximum atomic E-state index is 4.63. The fraction of sp³-hybridized carbons (Fsp3) is 0.333. The van der Waals surface area contributed by atoms with Gasteiger partial charge in [-0.05, 0) is 28.2 Å². The molecule has 4 rings (SSSR count). The highest BCUT2D eigenvalue weighted by Gasteiger charge is 2.66. The zero-order valence-corrected chi connectivity index (χ0v) is 19.8. The Labute approximate surface area is 189 Å². The lowest BCUT2D eigenvalue weighted by molar-refractivity contribution is 0.628. The van der Waals surface area contributed by atoms with Crippen molar-refractivity contribution in [1.29, 1.82) is 0 Å². The first kappa shape index (κ1) is 21.7. The second kappa shape index (κ2) is 7.55. The van der Waals surface area contributed by atoms with Crippen molar-refractivity contribution in [2.45, 2.75) is 51.6 Å². The Bertz CT molecular complexity index is 1000. The smallest absolute Gasteiger partial charge is 0.0987 e. The van der Waals surface area contributed by atoms with E-state index in [2.05, 4.69) is 127 Å². The van der Waals surface area contributed by atoms with Crippen LogP contribution in [0.4, 0.5) is 0 Å². The summed E-state index contributed by atoms with van der Waals surface area (Å²) < 4.78 is 0. The van der Waals surface area contributed by atoms with E-state index in [4.69, 9.17) is 0 Å². The average molecular weight is 406 g/mol. The van der Waals surface area contributed by atoms with Gasteiger partial charge in [-0.25, -0.2) is 0 Å². The highest BCUT2D eigenvalue weighted by atomic mass is 14.5. The fourth-order valence-corrected chi connectivity index (χ4v) is 6.03. The number of hydrogen-bond acceptors (Lipinski definition) is 0. The Morgan fingerprint density at radius 2 is 1.42 bits per heavy atom. The zero-order valence-electron chi connectivity index (χ0n) is 19.8. The number of rotatable bonds is 3. The number of hydrogen-bond donors (Lipinski definition) is 0. The summed E-state index contributed by atoms with van der Waals surface area (Å²) in [7, 11) is 0. The minimum absolute atomic E-state index is 0.348. The highest BCUT2D eigenvalue weighted by molar-refractivity contribution is 6.79. The van der Waals surface area contributed by atoms with Crippen molar-refractivity contribution in [2.24, 2.45) is 11.3 Å². The largest absolute Gasteiger partial charge is 0.155 e. The maximum Gasteiger partial charge on any atom is 0.155 e. The molecule has 0 aromatic carbocycles. The van der Waals surface area contributed by atoms with Crippen molar-refractivity contribution < 1.29 is 0 Å². The van der Waals surface area contributed by atoms with Gasteiger partial charge in [0.1, 0.15) is 0 Å². The molecule has 0 aromatic heterocycles.